The van der Waals surface area contributed by atoms with Crippen molar-refractivity contribution < 1.29 is 4.39 Å². The SMILES string of the molecule is Cn1cc(-c2c(-c3cccc(C#N)c3)nc(N)c3nn(Cc4ncccc4F)nc23)ccc1=O. The van der Waals surface area contributed by atoms with Crippen molar-refractivity contribution in [2.75, 3.05) is 5.73 Å². The molecule has 0 aliphatic heterocycles. The minimum absolute atomic E-state index is 0.00718. The molecule has 1 aromatic carbocycles. The van der Waals surface area contributed by atoms with Crippen LogP contribution in [-0.2, 0) is 13.6 Å². The first-order chi connectivity index (χ1) is 16.4. The number of rotatable bonds is 4. The number of fused-ring (bicyclic) bond motifs is 1. The van der Waals surface area contributed by atoms with E-state index in [1.165, 1.54) is 33.8 Å². The number of aromatic nitrogens is 6. The molecule has 0 unspecified atom stereocenters. The summed E-state index contributed by atoms with van der Waals surface area (Å²) in [6, 6.07) is 15.0. The molecular formula is C24H17FN8O. The summed E-state index contributed by atoms with van der Waals surface area (Å²) < 4.78 is 15.6. The van der Waals surface area contributed by atoms with Gasteiger partial charge in [0.1, 0.15) is 17.9 Å². The van der Waals surface area contributed by atoms with Crippen molar-refractivity contribution in [3.63, 3.8) is 0 Å². The zero-order chi connectivity index (χ0) is 23.8. The van der Waals surface area contributed by atoms with Gasteiger partial charge < -0.3 is 10.3 Å². The molecule has 166 valence electrons. The summed E-state index contributed by atoms with van der Waals surface area (Å²) in [6.07, 6.45) is 3.16. The maximum absolute atomic E-state index is 14.2. The van der Waals surface area contributed by atoms with E-state index >= 15 is 0 Å². The predicted octanol–water partition coefficient (Wildman–Crippen LogP) is 2.90. The van der Waals surface area contributed by atoms with Crippen molar-refractivity contribution >= 4 is 16.9 Å². The molecule has 5 rings (SSSR count). The van der Waals surface area contributed by atoms with Gasteiger partial charge in [0.2, 0.25) is 5.56 Å². The third-order valence-corrected chi connectivity index (χ3v) is 5.37. The summed E-state index contributed by atoms with van der Waals surface area (Å²) in [5.41, 5.74) is 9.88. The van der Waals surface area contributed by atoms with Crippen LogP contribution in [0, 0.1) is 17.1 Å². The second kappa shape index (κ2) is 8.22. The minimum atomic E-state index is -0.470. The van der Waals surface area contributed by atoms with Gasteiger partial charge in [-0.15, -0.1) is 5.10 Å². The fraction of sp³-hybridized carbons (Fsp3) is 0.0833. The quantitative estimate of drug-likeness (QED) is 0.444. The van der Waals surface area contributed by atoms with Gasteiger partial charge in [0.15, 0.2) is 11.3 Å². The first-order valence-electron chi connectivity index (χ1n) is 10.3. The fourth-order valence-corrected chi connectivity index (χ4v) is 3.73. The van der Waals surface area contributed by atoms with E-state index in [1.54, 1.807) is 37.5 Å². The van der Waals surface area contributed by atoms with E-state index in [0.717, 1.165) is 0 Å². The molecule has 2 N–H and O–H groups in total. The van der Waals surface area contributed by atoms with Crippen molar-refractivity contribution in [1.29, 1.82) is 5.26 Å². The van der Waals surface area contributed by atoms with E-state index in [4.69, 9.17) is 5.73 Å². The predicted molar refractivity (Wildman–Crippen MR) is 124 cm³/mol. The van der Waals surface area contributed by atoms with Gasteiger partial charge in [-0.2, -0.15) is 15.2 Å². The molecule has 5 aromatic rings. The van der Waals surface area contributed by atoms with Gasteiger partial charge in [0.05, 0.1) is 23.0 Å². The van der Waals surface area contributed by atoms with Crippen LogP contribution in [-0.4, -0.2) is 29.5 Å². The van der Waals surface area contributed by atoms with Crippen LogP contribution in [0.5, 0.6) is 0 Å². The molecule has 0 aliphatic rings. The van der Waals surface area contributed by atoms with Crippen molar-refractivity contribution in [3.8, 4) is 28.5 Å². The first kappa shape index (κ1) is 21.0. The summed E-state index contributed by atoms with van der Waals surface area (Å²) in [4.78, 5) is 22.0. The highest BCUT2D eigenvalue weighted by Crippen LogP contribution is 2.37. The van der Waals surface area contributed by atoms with E-state index in [9.17, 15) is 14.4 Å². The molecule has 0 saturated carbocycles. The second-order valence-electron chi connectivity index (χ2n) is 7.64. The number of pyridine rings is 3. The van der Waals surface area contributed by atoms with Crippen LogP contribution in [0.4, 0.5) is 10.2 Å². The maximum atomic E-state index is 14.2. The first-order valence-corrected chi connectivity index (χ1v) is 10.3. The lowest BCUT2D eigenvalue weighted by molar-refractivity contribution is 0.540. The zero-order valence-corrected chi connectivity index (χ0v) is 18.0. The monoisotopic (exact) mass is 452 g/mol. The van der Waals surface area contributed by atoms with Gasteiger partial charge in [-0.1, -0.05) is 12.1 Å². The molecule has 0 amide bonds. The zero-order valence-electron chi connectivity index (χ0n) is 18.0. The molecule has 0 spiro atoms. The Kier molecular flexibility index (Phi) is 5.07. The van der Waals surface area contributed by atoms with Crippen LogP contribution in [0.25, 0.3) is 33.4 Å². The van der Waals surface area contributed by atoms with Crippen LogP contribution >= 0.6 is 0 Å². The molecule has 0 aliphatic carbocycles. The Balaban J connectivity index is 1.79. The summed E-state index contributed by atoms with van der Waals surface area (Å²) in [5, 5.41) is 18.4. The lowest BCUT2D eigenvalue weighted by Gasteiger charge is -2.12. The summed E-state index contributed by atoms with van der Waals surface area (Å²) in [5.74, 6) is -0.337. The minimum Gasteiger partial charge on any atom is -0.382 e. The number of halogens is 1. The summed E-state index contributed by atoms with van der Waals surface area (Å²) in [6.45, 7) is -0.00718. The largest absolute Gasteiger partial charge is 0.382 e. The smallest absolute Gasteiger partial charge is 0.250 e. The van der Waals surface area contributed by atoms with E-state index in [0.29, 0.717) is 39.0 Å². The van der Waals surface area contributed by atoms with Gasteiger partial charge in [-0.05, 0) is 30.3 Å². The molecule has 0 atom stereocenters. The molecule has 0 fully saturated rings. The van der Waals surface area contributed by atoms with E-state index in [1.807, 2.05) is 6.07 Å². The number of nitrogens with two attached hydrogens (primary N) is 1. The van der Waals surface area contributed by atoms with Crippen LogP contribution < -0.4 is 11.3 Å². The Labute approximate surface area is 192 Å². The van der Waals surface area contributed by atoms with Crippen LogP contribution in [0.15, 0.2) is 65.7 Å². The standard InChI is InChI=1S/C24H17FN8O/c1-32-12-16(7-8-19(32)34)20-21(15-5-2-4-14(10-15)11-26)29-24(27)23-22(20)30-33(31-23)13-18-17(25)6-3-9-28-18/h2-10,12H,13H2,1H3,(H2,27,29). The van der Waals surface area contributed by atoms with Crippen LogP contribution in [0.1, 0.15) is 11.3 Å². The number of hydrogen-bond donors (Lipinski definition) is 1. The van der Waals surface area contributed by atoms with Gasteiger partial charge in [-0.3, -0.25) is 9.78 Å². The van der Waals surface area contributed by atoms with Crippen molar-refractivity contribution in [2.24, 2.45) is 7.05 Å². The number of nitrogens with zero attached hydrogens (tertiary/aromatic N) is 7. The Morgan fingerprint density at radius 1 is 1.09 bits per heavy atom. The Morgan fingerprint density at radius 3 is 2.68 bits per heavy atom. The van der Waals surface area contributed by atoms with Gasteiger partial charge in [0, 0.05) is 42.2 Å². The second-order valence-corrected chi connectivity index (χ2v) is 7.64. The number of anilines is 1. The molecule has 4 aromatic heterocycles. The molecular weight excluding hydrogens is 435 g/mol. The Morgan fingerprint density at radius 2 is 1.91 bits per heavy atom. The summed E-state index contributed by atoms with van der Waals surface area (Å²) >= 11 is 0. The number of nitriles is 1. The lowest BCUT2D eigenvalue weighted by atomic mass is 9.98. The van der Waals surface area contributed by atoms with Gasteiger partial charge >= 0.3 is 0 Å². The highest BCUT2D eigenvalue weighted by atomic mass is 19.1. The Hall–Kier alpha value is -4.91. The summed E-state index contributed by atoms with van der Waals surface area (Å²) in [7, 11) is 1.64. The van der Waals surface area contributed by atoms with Gasteiger partial charge in [-0.25, -0.2) is 9.37 Å². The van der Waals surface area contributed by atoms with Crippen molar-refractivity contribution in [3.05, 3.63) is 88.4 Å². The fourth-order valence-electron chi connectivity index (χ4n) is 3.73. The van der Waals surface area contributed by atoms with Crippen LogP contribution in [0.3, 0.4) is 0 Å². The number of benzene rings is 1. The number of hydrogen-bond acceptors (Lipinski definition) is 7. The van der Waals surface area contributed by atoms with Crippen molar-refractivity contribution in [2.45, 2.75) is 6.54 Å². The highest BCUT2D eigenvalue weighted by molar-refractivity contribution is 6.02. The molecule has 9 nitrogen and oxygen atoms in total. The van der Waals surface area contributed by atoms with Crippen molar-refractivity contribution in [1.82, 2.24) is 29.5 Å². The topological polar surface area (TPSA) is 128 Å². The lowest BCUT2D eigenvalue weighted by Crippen LogP contribution is -2.14. The Bertz CT molecular complexity index is 1660. The number of nitrogen functional groups attached to an aromatic ring is 1. The average molecular weight is 452 g/mol. The molecule has 0 radical (unpaired) electrons. The third-order valence-electron chi connectivity index (χ3n) is 5.37. The maximum Gasteiger partial charge on any atom is 0.250 e. The normalized spacial score (nSPS) is 11.0. The molecule has 0 saturated heterocycles. The van der Waals surface area contributed by atoms with E-state index in [-0.39, 0.29) is 23.6 Å². The molecule has 4 heterocycles. The number of aryl methyl sites for hydroxylation is 1. The van der Waals surface area contributed by atoms with E-state index in [2.05, 4.69) is 26.2 Å². The van der Waals surface area contributed by atoms with E-state index < -0.39 is 5.82 Å². The molecule has 0 bridgehead atoms. The average Bonchev–Trinajstić information content (AvgIpc) is 3.26. The molecule has 34 heavy (non-hydrogen) atoms. The third kappa shape index (κ3) is 3.65. The van der Waals surface area contributed by atoms with Crippen LogP contribution in [0.2, 0.25) is 0 Å². The molecule has 10 heteroatoms. The highest BCUT2D eigenvalue weighted by Gasteiger charge is 2.21. The van der Waals surface area contributed by atoms with Gasteiger partial charge in [0.25, 0.3) is 0 Å².